The summed E-state index contributed by atoms with van der Waals surface area (Å²) < 4.78 is 28.8. The molecular weight excluding hydrogens is 295 g/mol. The highest BCUT2D eigenvalue weighted by Crippen LogP contribution is 2.30. The largest absolute Gasteiger partial charge is 0.465 e. The van der Waals surface area contributed by atoms with Crippen LogP contribution in [0.15, 0.2) is 24.3 Å². The average molecular weight is 312 g/mol. The minimum Gasteiger partial charge on any atom is -0.465 e. The molecule has 6 nitrogen and oxygen atoms in total. The number of hydrogen-bond donors (Lipinski definition) is 0. The van der Waals surface area contributed by atoms with E-state index in [-0.39, 0.29) is 24.3 Å². The number of hydrogen-bond acceptors (Lipinski definition) is 6. The summed E-state index contributed by atoms with van der Waals surface area (Å²) in [6.07, 6.45) is 0. The molecule has 0 N–H and O–H groups in total. The maximum atomic E-state index is 15.0. The van der Waals surface area contributed by atoms with Crippen LogP contribution in [0.5, 0.6) is 0 Å². The predicted octanol–water partition coefficient (Wildman–Crippen LogP) is 1.76. The smallest absolute Gasteiger partial charge is 0.360 e. The first-order valence-electron chi connectivity index (χ1n) is 6.63. The number of esters is 3. The standard InChI is InChI=1S/C15H17FO6/c1-4-21-13(18)15(16,14(19)22-5-2)11-8-6-10(7-9-11)12(17)20-3/h6-9H,4-5H2,1-3H3. The van der Waals surface area contributed by atoms with Crippen molar-refractivity contribution in [1.29, 1.82) is 0 Å². The van der Waals surface area contributed by atoms with Crippen LogP contribution in [-0.2, 0) is 29.5 Å². The van der Waals surface area contributed by atoms with Crippen LogP contribution in [-0.4, -0.2) is 38.2 Å². The minimum absolute atomic E-state index is 0.0931. The number of alkyl halides is 1. The fourth-order valence-corrected chi connectivity index (χ4v) is 1.73. The number of benzene rings is 1. The maximum Gasteiger partial charge on any atom is 0.360 e. The number of carbonyl (C=O) groups is 3. The van der Waals surface area contributed by atoms with Crippen molar-refractivity contribution in [3.8, 4) is 0 Å². The summed E-state index contributed by atoms with van der Waals surface area (Å²) in [5.41, 5.74) is -3.21. The van der Waals surface area contributed by atoms with Crippen LogP contribution in [0.2, 0.25) is 0 Å². The summed E-state index contributed by atoms with van der Waals surface area (Å²) in [6.45, 7) is 2.79. The van der Waals surface area contributed by atoms with Gasteiger partial charge >= 0.3 is 23.6 Å². The third-order valence-corrected chi connectivity index (χ3v) is 2.82. The highest BCUT2D eigenvalue weighted by molar-refractivity contribution is 6.04. The number of ether oxygens (including phenoxy) is 3. The van der Waals surface area contributed by atoms with Crippen molar-refractivity contribution in [3.05, 3.63) is 35.4 Å². The van der Waals surface area contributed by atoms with Gasteiger partial charge in [0.15, 0.2) is 0 Å². The Morgan fingerprint density at radius 3 is 1.82 bits per heavy atom. The van der Waals surface area contributed by atoms with Gasteiger partial charge < -0.3 is 14.2 Å². The Hall–Kier alpha value is -2.44. The first kappa shape index (κ1) is 17.6. The molecule has 0 atom stereocenters. The highest BCUT2D eigenvalue weighted by Gasteiger charge is 2.51. The Morgan fingerprint density at radius 1 is 1.00 bits per heavy atom. The third-order valence-electron chi connectivity index (χ3n) is 2.82. The fourth-order valence-electron chi connectivity index (χ4n) is 1.73. The lowest BCUT2D eigenvalue weighted by atomic mass is 9.94. The first-order chi connectivity index (χ1) is 10.4. The molecule has 0 saturated carbocycles. The zero-order valence-corrected chi connectivity index (χ0v) is 12.6. The van der Waals surface area contributed by atoms with Crippen LogP contribution < -0.4 is 0 Å². The van der Waals surface area contributed by atoms with Gasteiger partial charge in [0.25, 0.3) is 0 Å². The van der Waals surface area contributed by atoms with Gasteiger partial charge in [-0.1, -0.05) is 12.1 Å². The van der Waals surface area contributed by atoms with Gasteiger partial charge in [-0.2, -0.15) is 0 Å². The zero-order valence-electron chi connectivity index (χ0n) is 12.6. The van der Waals surface area contributed by atoms with Crippen LogP contribution in [0.25, 0.3) is 0 Å². The second-order valence-corrected chi connectivity index (χ2v) is 4.17. The molecule has 0 aliphatic heterocycles. The summed E-state index contributed by atoms with van der Waals surface area (Å²) in [5, 5.41) is 0. The van der Waals surface area contributed by atoms with E-state index < -0.39 is 23.6 Å². The Morgan fingerprint density at radius 2 is 1.45 bits per heavy atom. The van der Waals surface area contributed by atoms with Gasteiger partial charge in [-0.25, -0.2) is 18.8 Å². The number of halogens is 1. The monoisotopic (exact) mass is 312 g/mol. The molecule has 0 saturated heterocycles. The van der Waals surface area contributed by atoms with Gasteiger partial charge in [-0.15, -0.1) is 0 Å². The van der Waals surface area contributed by atoms with E-state index in [4.69, 9.17) is 0 Å². The second kappa shape index (κ2) is 7.53. The van der Waals surface area contributed by atoms with Crippen LogP contribution >= 0.6 is 0 Å². The van der Waals surface area contributed by atoms with E-state index in [2.05, 4.69) is 14.2 Å². The van der Waals surface area contributed by atoms with Crippen molar-refractivity contribution in [2.24, 2.45) is 0 Å². The lowest BCUT2D eigenvalue weighted by molar-refractivity contribution is -0.175. The van der Waals surface area contributed by atoms with Crippen molar-refractivity contribution < 1.29 is 33.0 Å². The molecule has 0 bridgehead atoms. The molecule has 0 unspecified atom stereocenters. The molecule has 0 aromatic heterocycles. The van der Waals surface area contributed by atoms with Crippen molar-refractivity contribution in [3.63, 3.8) is 0 Å². The molecule has 0 amide bonds. The topological polar surface area (TPSA) is 78.9 Å². The third kappa shape index (κ3) is 3.41. The highest BCUT2D eigenvalue weighted by atomic mass is 19.1. The van der Waals surface area contributed by atoms with Crippen molar-refractivity contribution in [2.45, 2.75) is 19.5 Å². The summed E-state index contributed by atoms with van der Waals surface area (Å²) in [6, 6.07) is 4.77. The fraction of sp³-hybridized carbons (Fsp3) is 0.400. The Bertz CT molecular complexity index is 534. The van der Waals surface area contributed by atoms with Crippen LogP contribution in [0.4, 0.5) is 4.39 Å². The van der Waals surface area contributed by atoms with Crippen LogP contribution in [0.3, 0.4) is 0 Å². The molecule has 1 aromatic carbocycles. The van der Waals surface area contributed by atoms with Gasteiger partial charge in [0.05, 0.1) is 25.9 Å². The quantitative estimate of drug-likeness (QED) is 0.452. The van der Waals surface area contributed by atoms with Gasteiger partial charge in [-0.05, 0) is 26.0 Å². The van der Waals surface area contributed by atoms with Crippen molar-refractivity contribution in [1.82, 2.24) is 0 Å². The molecule has 0 spiro atoms. The second-order valence-electron chi connectivity index (χ2n) is 4.17. The zero-order chi connectivity index (χ0) is 16.8. The lowest BCUT2D eigenvalue weighted by Gasteiger charge is -2.21. The summed E-state index contributed by atoms with van der Waals surface area (Å²) in [5.74, 6) is -3.35. The average Bonchev–Trinajstić information content (AvgIpc) is 2.53. The lowest BCUT2D eigenvalue weighted by Crippen LogP contribution is -2.42. The van der Waals surface area contributed by atoms with E-state index in [0.717, 1.165) is 12.1 Å². The molecule has 0 fully saturated rings. The Kier molecular flexibility index (Phi) is 6.03. The molecule has 120 valence electrons. The van der Waals surface area contributed by atoms with Gasteiger partial charge in [-0.3, -0.25) is 0 Å². The summed E-state index contributed by atoms with van der Waals surface area (Å²) in [7, 11) is 1.20. The minimum atomic E-state index is -3.08. The molecule has 1 rings (SSSR count). The molecule has 0 radical (unpaired) electrons. The number of carbonyl (C=O) groups excluding carboxylic acids is 3. The van der Waals surface area contributed by atoms with Gasteiger partial charge in [0.1, 0.15) is 0 Å². The molecule has 1 aromatic rings. The van der Waals surface area contributed by atoms with E-state index in [1.807, 2.05) is 0 Å². The van der Waals surface area contributed by atoms with E-state index in [1.54, 1.807) is 0 Å². The molecule has 0 heterocycles. The Balaban J connectivity index is 3.24. The molecule has 22 heavy (non-hydrogen) atoms. The van der Waals surface area contributed by atoms with E-state index >= 15 is 4.39 Å². The molecule has 0 aliphatic carbocycles. The molecule has 7 heteroatoms. The Labute approximate surface area is 127 Å². The van der Waals surface area contributed by atoms with Crippen LogP contribution in [0, 0.1) is 0 Å². The van der Waals surface area contributed by atoms with E-state index in [0.29, 0.717) is 0 Å². The molecular formula is C15H17FO6. The van der Waals surface area contributed by atoms with Gasteiger partial charge in [0.2, 0.25) is 0 Å². The first-order valence-corrected chi connectivity index (χ1v) is 6.63. The maximum absolute atomic E-state index is 15.0. The SMILES string of the molecule is CCOC(=O)C(F)(C(=O)OCC)c1ccc(C(=O)OC)cc1. The predicted molar refractivity (Wildman–Crippen MR) is 73.8 cm³/mol. The van der Waals surface area contributed by atoms with Crippen molar-refractivity contribution in [2.75, 3.05) is 20.3 Å². The summed E-state index contributed by atoms with van der Waals surface area (Å²) >= 11 is 0. The van der Waals surface area contributed by atoms with Crippen LogP contribution in [0.1, 0.15) is 29.8 Å². The van der Waals surface area contributed by atoms with Crippen molar-refractivity contribution >= 4 is 17.9 Å². The number of rotatable bonds is 6. The summed E-state index contributed by atoms with van der Waals surface area (Å²) in [4.78, 5) is 35.1. The van der Waals surface area contributed by atoms with Gasteiger partial charge in [0, 0.05) is 5.56 Å². The van der Waals surface area contributed by atoms with E-state index in [9.17, 15) is 14.4 Å². The number of methoxy groups -OCH3 is 1. The van der Waals surface area contributed by atoms with E-state index in [1.165, 1.54) is 33.1 Å². The molecule has 0 aliphatic rings. The normalized spacial score (nSPS) is 10.7.